The fourth-order valence-corrected chi connectivity index (χ4v) is 4.16. The molecule has 0 amide bonds. The molecule has 7 nitrogen and oxygen atoms in total. The van der Waals surface area contributed by atoms with Crippen molar-refractivity contribution in [2.24, 2.45) is 11.8 Å². The van der Waals surface area contributed by atoms with Crippen molar-refractivity contribution in [3.05, 3.63) is 54.1 Å². The molecule has 2 aromatic heterocycles. The first-order valence-electron chi connectivity index (χ1n) is 9.58. The van der Waals surface area contributed by atoms with Crippen LogP contribution >= 0.6 is 0 Å². The number of hydrogen-bond donors (Lipinski definition) is 3. The number of carboxylic acids is 1. The van der Waals surface area contributed by atoms with Crippen LogP contribution < -0.4 is 0 Å². The molecule has 0 saturated carbocycles. The smallest absolute Gasteiger partial charge is 0.303 e. The van der Waals surface area contributed by atoms with Crippen LogP contribution in [-0.2, 0) is 17.8 Å². The summed E-state index contributed by atoms with van der Waals surface area (Å²) in [4.78, 5) is 25.7. The first kappa shape index (κ1) is 18.4. The van der Waals surface area contributed by atoms with Gasteiger partial charge in [-0.2, -0.15) is 0 Å². The quantitative estimate of drug-likeness (QED) is 0.608. The third kappa shape index (κ3) is 4.14. The number of nitrogens with zero attached hydrogens (tertiary/aromatic N) is 3. The second kappa shape index (κ2) is 7.98. The number of imidazole rings is 1. The number of aromatic hydroxyl groups is 1. The number of benzene rings is 1. The first-order chi connectivity index (χ1) is 13.6. The highest BCUT2D eigenvalue weighted by molar-refractivity contribution is 5.73. The zero-order valence-electron chi connectivity index (χ0n) is 15.6. The maximum absolute atomic E-state index is 11.3. The molecule has 1 fully saturated rings. The SMILES string of the molecule is O=C(O)CC1CCN(Cc2ccccc2O)CC1Cc1nc2ccncc2[nH]1. The second-order valence-electron chi connectivity index (χ2n) is 7.55. The Labute approximate surface area is 163 Å². The lowest BCUT2D eigenvalue weighted by atomic mass is 9.81. The van der Waals surface area contributed by atoms with Crippen LogP contribution in [0.5, 0.6) is 5.75 Å². The van der Waals surface area contributed by atoms with Crippen molar-refractivity contribution in [1.29, 1.82) is 0 Å². The molecule has 3 aromatic rings. The van der Waals surface area contributed by atoms with Crippen LogP contribution in [0.2, 0.25) is 0 Å². The number of likely N-dealkylation sites (tertiary alicyclic amines) is 1. The van der Waals surface area contributed by atoms with Gasteiger partial charge in [0, 0.05) is 37.7 Å². The second-order valence-corrected chi connectivity index (χ2v) is 7.55. The topological polar surface area (TPSA) is 102 Å². The van der Waals surface area contributed by atoms with Crippen LogP contribution in [-0.4, -0.2) is 49.1 Å². The summed E-state index contributed by atoms with van der Waals surface area (Å²) in [7, 11) is 0. The molecule has 1 aliphatic rings. The minimum absolute atomic E-state index is 0.115. The van der Waals surface area contributed by atoms with E-state index in [0.717, 1.165) is 41.9 Å². The van der Waals surface area contributed by atoms with Gasteiger partial charge in [-0.1, -0.05) is 18.2 Å². The van der Waals surface area contributed by atoms with E-state index in [0.29, 0.717) is 18.7 Å². The van der Waals surface area contributed by atoms with Gasteiger partial charge in [0.2, 0.25) is 0 Å². The molecular formula is C21H24N4O3. The van der Waals surface area contributed by atoms with Gasteiger partial charge in [-0.05, 0) is 36.9 Å². The summed E-state index contributed by atoms with van der Waals surface area (Å²) in [6.07, 6.45) is 5.17. The van der Waals surface area contributed by atoms with Gasteiger partial charge in [-0.3, -0.25) is 14.7 Å². The molecule has 0 radical (unpaired) electrons. The highest BCUT2D eigenvalue weighted by atomic mass is 16.4. The molecule has 1 aliphatic heterocycles. The molecule has 7 heteroatoms. The van der Waals surface area contributed by atoms with Crippen molar-refractivity contribution in [2.75, 3.05) is 13.1 Å². The Balaban J connectivity index is 1.51. The zero-order valence-corrected chi connectivity index (χ0v) is 15.6. The van der Waals surface area contributed by atoms with Crippen LogP contribution in [0.25, 0.3) is 11.0 Å². The highest BCUT2D eigenvalue weighted by Gasteiger charge is 2.31. The van der Waals surface area contributed by atoms with E-state index in [1.54, 1.807) is 18.5 Å². The van der Waals surface area contributed by atoms with E-state index in [-0.39, 0.29) is 18.3 Å². The number of piperidine rings is 1. The molecule has 2 unspecified atom stereocenters. The Morgan fingerprint density at radius 1 is 1.25 bits per heavy atom. The predicted molar refractivity (Wildman–Crippen MR) is 105 cm³/mol. The Bertz CT molecular complexity index is 938. The summed E-state index contributed by atoms with van der Waals surface area (Å²) in [5, 5.41) is 19.4. The van der Waals surface area contributed by atoms with Crippen LogP contribution in [0.1, 0.15) is 24.2 Å². The normalized spacial score (nSPS) is 20.4. The molecule has 3 heterocycles. The van der Waals surface area contributed by atoms with Crippen LogP contribution in [0.3, 0.4) is 0 Å². The number of phenols is 1. The Morgan fingerprint density at radius 2 is 2.11 bits per heavy atom. The minimum atomic E-state index is -0.752. The van der Waals surface area contributed by atoms with E-state index in [2.05, 4.69) is 19.9 Å². The molecule has 2 atom stereocenters. The van der Waals surface area contributed by atoms with E-state index in [4.69, 9.17) is 0 Å². The van der Waals surface area contributed by atoms with Gasteiger partial charge in [-0.25, -0.2) is 4.98 Å². The molecule has 0 spiro atoms. The van der Waals surface area contributed by atoms with Crippen molar-refractivity contribution in [1.82, 2.24) is 19.9 Å². The fraction of sp³-hybridized carbons (Fsp3) is 0.381. The first-order valence-corrected chi connectivity index (χ1v) is 9.58. The van der Waals surface area contributed by atoms with Crippen LogP contribution in [0.4, 0.5) is 0 Å². The van der Waals surface area contributed by atoms with Crippen molar-refractivity contribution >= 4 is 17.0 Å². The average molecular weight is 380 g/mol. The summed E-state index contributed by atoms with van der Waals surface area (Å²) in [5.74, 6) is 0.718. The molecule has 0 bridgehead atoms. The summed E-state index contributed by atoms with van der Waals surface area (Å²) >= 11 is 0. The predicted octanol–water partition coefficient (Wildman–Crippen LogP) is 2.82. The third-order valence-electron chi connectivity index (χ3n) is 5.59. The lowest BCUT2D eigenvalue weighted by molar-refractivity contribution is -0.139. The van der Waals surface area contributed by atoms with E-state index >= 15 is 0 Å². The summed E-state index contributed by atoms with van der Waals surface area (Å²) < 4.78 is 0. The van der Waals surface area contributed by atoms with Gasteiger partial charge in [0.05, 0.1) is 17.2 Å². The number of carboxylic acid groups (broad SMARTS) is 1. The van der Waals surface area contributed by atoms with Crippen molar-refractivity contribution in [3.8, 4) is 5.75 Å². The van der Waals surface area contributed by atoms with E-state index in [1.165, 1.54) is 0 Å². The number of rotatable bonds is 6. The molecule has 146 valence electrons. The molecular weight excluding hydrogens is 356 g/mol. The highest BCUT2D eigenvalue weighted by Crippen LogP contribution is 2.31. The number of H-pyrrole nitrogens is 1. The van der Waals surface area contributed by atoms with Gasteiger partial charge in [-0.15, -0.1) is 0 Å². The van der Waals surface area contributed by atoms with Gasteiger partial charge < -0.3 is 15.2 Å². The number of pyridine rings is 1. The molecule has 4 rings (SSSR count). The molecule has 28 heavy (non-hydrogen) atoms. The molecule has 3 N–H and O–H groups in total. The molecule has 1 aromatic carbocycles. The number of aromatic nitrogens is 3. The number of aromatic amines is 1. The average Bonchev–Trinajstić information content (AvgIpc) is 3.08. The number of carbonyl (C=O) groups is 1. The summed E-state index contributed by atoms with van der Waals surface area (Å²) in [5.41, 5.74) is 2.67. The largest absolute Gasteiger partial charge is 0.508 e. The van der Waals surface area contributed by atoms with Crippen molar-refractivity contribution in [2.45, 2.75) is 25.8 Å². The van der Waals surface area contributed by atoms with Gasteiger partial charge in [0.25, 0.3) is 0 Å². The lowest BCUT2D eigenvalue weighted by Crippen LogP contribution is -2.41. The molecule has 0 aliphatic carbocycles. The Kier molecular flexibility index (Phi) is 5.25. The maximum Gasteiger partial charge on any atom is 0.303 e. The van der Waals surface area contributed by atoms with Gasteiger partial charge >= 0.3 is 5.97 Å². The summed E-state index contributed by atoms with van der Waals surface area (Å²) in [6.45, 7) is 2.27. The Morgan fingerprint density at radius 3 is 2.89 bits per heavy atom. The fourth-order valence-electron chi connectivity index (χ4n) is 4.16. The minimum Gasteiger partial charge on any atom is -0.508 e. The number of aliphatic carboxylic acids is 1. The maximum atomic E-state index is 11.3. The standard InChI is InChI=1S/C21H24N4O3/c26-19-4-2-1-3-15(19)12-25-8-6-14(10-21(27)28)16(13-25)9-20-23-17-5-7-22-11-18(17)24-20/h1-5,7,11,14,16,26H,6,8-10,12-13H2,(H,23,24)(H,27,28). The summed E-state index contributed by atoms with van der Waals surface area (Å²) in [6, 6.07) is 9.24. The van der Waals surface area contributed by atoms with Crippen LogP contribution in [0.15, 0.2) is 42.7 Å². The molecule has 1 saturated heterocycles. The van der Waals surface area contributed by atoms with Gasteiger partial charge in [0.15, 0.2) is 0 Å². The lowest BCUT2D eigenvalue weighted by Gasteiger charge is -2.38. The third-order valence-corrected chi connectivity index (χ3v) is 5.59. The van der Waals surface area contributed by atoms with E-state index in [9.17, 15) is 15.0 Å². The van der Waals surface area contributed by atoms with Gasteiger partial charge in [0.1, 0.15) is 11.6 Å². The van der Waals surface area contributed by atoms with Crippen LogP contribution in [0, 0.1) is 11.8 Å². The van der Waals surface area contributed by atoms with E-state index < -0.39 is 5.97 Å². The van der Waals surface area contributed by atoms with E-state index in [1.807, 2.05) is 24.3 Å². The number of hydrogen-bond acceptors (Lipinski definition) is 5. The number of para-hydroxylation sites is 1. The van der Waals surface area contributed by atoms with Crippen molar-refractivity contribution < 1.29 is 15.0 Å². The Hall–Kier alpha value is -2.93. The number of phenolic OH excluding ortho intramolecular Hbond substituents is 1. The zero-order chi connectivity index (χ0) is 19.5. The monoisotopic (exact) mass is 380 g/mol. The van der Waals surface area contributed by atoms with Crippen molar-refractivity contribution in [3.63, 3.8) is 0 Å². The number of fused-ring (bicyclic) bond motifs is 1. The number of nitrogens with one attached hydrogen (secondary N) is 1.